The van der Waals surface area contributed by atoms with Crippen molar-refractivity contribution in [3.05, 3.63) is 65.2 Å². The number of carboxylic acids is 1. The highest BCUT2D eigenvalue weighted by atomic mass is 35.5. The lowest BCUT2D eigenvalue weighted by Crippen LogP contribution is -2.24. The first-order valence-corrected chi connectivity index (χ1v) is 11.3. The molecule has 0 fully saturated rings. The third kappa shape index (κ3) is 6.41. The largest absolute Gasteiger partial charge is 0.478 e. The molecule has 1 aromatic heterocycles. The molecule has 0 aliphatic carbocycles. The molecular weight excluding hydrogens is 468 g/mol. The number of aryl methyl sites for hydroxylation is 2. The summed E-state index contributed by atoms with van der Waals surface area (Å²) in [5.41, 5.74) is 8.81. The molecule has 0 saturated heterocycles. The number of carbonyl (C=O) groups is 1. The van der Waals surface area contributed by atoms with Gasteiger partial charge in [0, 0.05) is 17.7 Å². The van der Waals surface area contributed by atoms with Gasteiger partial charge in [0.2, 0.25) is 11.8 Å². The zero-order valence-corrected chi connectivity index (χ0v) is 19.9. The number of carboxylic acid groups (broad SMARTS) is 1. The first-order valence-electron chi connectivity index (χ1n) is 9.77. The van der Waals surface area contributed by atoms with Gasteiger partial charge in [-0.3, -0.25) is 0 Å². The first-order chi connectivity index (χ1) is 15.1. The topological polar surface area (TPSA) is 144 Å². The van der Waals surface area contributed by atoms with E-state index in [-0.39, 0.29) is 47.3 Å². The summed E-state index contributed by atoms with van der Waals surface area (Å²) in [7, 11) is -4.16. The molecule has 0 bridgehead atoms. The highest BCUT2D eigenvalue weighted by molar-refractivity contribution is 7.92. The average molecular weight is 493 g/mol. The van der Waals surface area contributed by atoms with Crippen molar-refractivity contribution in [3.8, 4) is 17.1 Å². The fourth-order valence-corrected chi connectivity index (χ4v) is 4.07. The minimum atomic E-state index is -4.16. The normalized spacial score (nSPS) is 11.9. The van der Waals surface area contributed by atoms with E-state index in [1.165, 1.54) is 18.2 Å². The van der Waals surface area contributed by atoms with Crippen LogP contribution in [0.2, 0.25) is 0 Å². The van der Waals surface area contributed by atoms with E-state index in [1.54, 1.807) is 13.0 Å². The Kier molecular flexibility index (Phi) is 8.37. The molecule has 2 aromatic carbocycles. The van der Waals surface area contributed by atoms with Crippen molar-refractivity contribution in [2.45, 2.75) is 31.7 Å². The summed E-state index contributed by atoms with van der Waals surface area (Å²) in [5, 5.41) is 9.15. The Morgan fingerprint density at radius 1 is 1.12 bits per heavy atom. The Hall–Kier alpha value is -3.21. The van der Waals surface area contributed by atoms with Crippen LogP contribution in [0.1, 0.15) is 28.4 Å². The van der Waals surface area contributed by atoms with Gasteiger partial charge in [0.25, 0.3) is 10.0 Å². The fourth-order valence-electron chi connectivity index (χ4n) is 3.08. The van der Waals surface area contributed by atoms with Crippen LogP contribution < -0.4 is 15.2 Å². The van der Waals surface area contributed by atoms with Gasteiger partial charge in [-0.05, 0) is 50.1 Å². The van der Waals surface area contributed by atoms with Crippen LogP contribution in [0, 0.1) is 13.8 Å². The number of nitrogens with one attached hydrogen (secondary N) is 1. The van der Waals surface area contributed by atoms with Crippen LogP contribution in [-0.2, 0) is 10.0 Å². The van der Waals surface area contributed by atoms with Gasteiger partial charge < -0.3 is 15.6 Å². The molecule has 3 rings (SSSR count). The maximum Gasteiger partial charge on any atom is 0.335 e. The molecule has 0 spiro atoms. The SMILES string of the molecule is Cc1cccc(C)c1-c1cc(OC[C@@H](C)N)nc(NS(=O)(=O)c2cccc(C(=O)O)c2)n1.Cl. The van der Waals surface area contributed by atoms with E-state index in [0.717, 1.165) is 22.8 Å². The summed E-state index contributed by atoms with van der Waals surface area (Å²) in [4.78, 5) is 19.5. The second-order valence-electron chi connectivity index (χ2n) is 7.41. The fraction of sp³-hybridized carbons (Fsp3) is 0.227. The van der Waals surface area contributed by atoms with Crippen molar-refractivity contribution in [1.82, 2.24) is 9.97 Å². The van der Waals surface area contributed by atoms with Crippen LogP contribution in [0.3, 0.4) is 0 Å². The molecule has 0 aliphatic heterocycles. The van der Waals surface area contributed by atoms with Crippen LogP contribution >= 0.6 is 12.4 Å². The van der Waals surface area contributed by atoms with Crippen LogP contribution in [0.5, 0.6) is 5.88 Å². The van der Waals surface area contributed by atoms with Crippen LogP contribution in [0.15, 0.2) is 53.4 Å². The molecule has 33 heavy (non-hydrogen) atoms. The van der Waals surface area contributed by atoms with Gasteiger partial charge in [0.1, 0.15) is 6.61 Å². The number of ether oxygens (including phenoxy) is 1. The summed E-state index contributed by atoms with van der Waals surface area (Å²) in [6, 6.07) is 12.1. The van der Waals surface area contributed by atoms with Crippen molar-refractivity contribution in [2.24, 2.45) is 5.73 Å². The molecule has 9 nitrogen and oxygen atoms in total. The van der Waals surface area contributed by atoms with Gasteiger partial charge in [-0.25, -0.2) is 22.9 Å². The minimum Gasteiger partial charge on any atom is -0.478 e. The molecular formula is C22H25ClN4O5S. The van der Waals surface area contributed by atoms with Crippen molar-refractivity contribution in [3.63, 3.8) is 0 Å². The van der Waals surface area contributed by atoms with Gasteiger partial charge in [-0.2, -0.15) is 4.98 Å². The molecule has 176 valence electrons. The van der Waals surface area contributed by atoms with Crippen molar-refractivity contribution in [1.29, 1.82) is 0 Å². The molecule has 4 N–H and O–H groups in total. The summed E-state index contributed by atoms with van der Waals surface area (Å²) in [6.45, 7) is 5.80. The number of anilines is 1. The number of hydrogen-bond acceptors (Lipinski definition) is 7. The summed E-state index contributed by atoms with van der Waals surface area (Å²) in [6.07, 6.45) is 0. The maximum absolute atomic E-state index is 12.9. The molecule has 0 amide bonds. The Morgan fingerprint density at radius 3 is 2.36 bits per heavy atom. The Balaban J connectivity index is 0.00000385. The molecule has 3 aromatic rings. The second-order valence-corrected chi connectivity index (χ2v) is 9.09. The van der Waals surface area contributed by atoms with E-state index in [0.29, 0.717) is 5.69 Å². The van der Waals surface area contributed by atoms with Gasteiger partial charge in [0.05, 0.1) is 16.2 Å². The maximum atomic E-state index is 12.9. The zero-order valence-electron chi connectivity index (χ0n) is 18.3. The molecule has 0 unspecified atom stereocenters. The third-order valence-corrected chi connectivity index (χ3v) is 5.88. The second kappa shape index (κ2) is 10.6. The molecule has 0 saturated carbocycles. The van der Waals surface area contributed by atoms with E-state index in [4.69, 9.17) is 15.6 Å². The van der Waals surface area contributed by atoms with Crippen molar-refractivity contribution in [2.75, 3.05) is 11.3 Å². The smallest absolute Gasteiger partial charge is 0.335 e. The number of hydrogen-bond donors (Lipinski definition) is 3. The minimum absolute atomic E-state index is 0. The highest BCUT2D eigenvalue weighted by Crippen LogP contribution is 2.29. The zero-order chi connectivity index (χ0) is 23.5. The summed E-state index contributed by atoms with van der Waals surface area (Å²) >= 11 is 0. The first kappa shape index (κ1) is 26.0. The van der Waals surface area contributed by atoms with E-state index in [1.807, 2.05) is 32.0 Å². The third-order valence-electron chi connectivity index (χ3n) is 4.55. The Morgan fingerprint density at radius 2 is 1.76 bits per heavy atom. The molecule has 1 heterocycles. The lowest BCUT2D eigenvalue weighted by molar-refractivity contribution is 0.0696. The lowest BCUT2D eigenvalue weighted by atomic mass is 10.00. The summed E-state index contributed by atoms with van der Waals surface area (Å²) < 4.78 is 33.7. The van der Waals surface area contributed by atoms with Crippen LogP contribution in [0.25, 0.3) is 11.3 Å². The van der Waals surface area contributed by atoms with Crippen LogP contribution in [-0.4, -0.2) is 42.1 Å². The van der Waals surface area contributed by atoms with E-state index in [2.05, 4.69) is 14.7 Å². The Labute approximate surface area is 198 Å². The standard InChI is InChI=1S/C22H24N4O5S.ClH/c1-13-6-4-7-14(2)20(13)18-11-19(31-12-15(3)23)25-22(24-18)26-32(29,30)17-9-5-8-16(10-17)21(27)28;/h4-11,15H,12,23H2,1-3H3,(H,27,28)(H,24,25,26);1H/t15-;/m1./s1. The number of benzene rings is 2. The predicted octanol–water partition coefficient (Wildman–Crippen LogP) is 3.41. The molecule has 0 aliphatic rings. The molecule has 0 radical (unpaired) electrons. The predicted molar refractivity (Wildman–Crippen MR) is 128 cm³/mol. The van der Waals surface area contributed by atoms with Gasteiger partial charge in [0.15, 0.2) is 0 Å². The number of sulfonamides is 1. The monoisotopic (exact) mass is 492 g/mol. The number of aromatic nitrogens is 2. The highest BCUT2D eigenvalue weighted by Gasteiger charge is 2.20. The number of halogens is 1. The van der Waals surface area contributed by atoms with Gasteiger partial charge >= 0.3 is 5.97 Å². The van der Waals surface area contributed by atoms with Gasteiger partial charge in [-0.15, -0.1) is 12.4 Å². The van der Waals surface area contributed by atoms with Crippen molar-refractivity contribution >= 4 is 34.3 Å². The quantitative estimate of drug-likeness (QED) is 0.433. The number of nitrogens with two attached hydrogens (primary N) is 1. The van der Waals surface area contributed by atoms with E-state index in [9.17, 15) is 13.2 Å². The Bertz CT molecular complexity index is 1250. The summed E-state index contributed by atoms with van der Waals surface area (Å²) in [5.74, 6) is -1.28. The van der Waals surface area contributed by atoms with Gasteiger partial charge in [-0.1, -0.05) is 24.3 Å². The van der Waals surface area contributed by atoms with E-state index < -0.39 is 16.0 Å². The molecule has 1 atom stereocenters. The number of aromatic carboxylic acids is 1. The number of nitrogens with zero attached hydrogens (tertiary/aromatic N) is 2. The number of rotatable bonds is 8. The lowest BCUT2D eigenvalue weighted by Gasteiger charge is -2.14. The van der Waals surface area contributed by atoms with E-state index >= 15 is 0 Å². The van der Waals surface area contributed by atoms with Crippen molar-refractivity contribution < 1.29 is 23.1 Å². The molecule has 11 heteroatoms. The average Bonchev–Trinajstić information content (AvgIpc) is 2.72. The van der Waals surface area contributed by atoms with Crippen LogP contribution in [0.4, 0.5) is 5.95 Å².